The second kappa shape index (κ2) is 6.11. The third kappa shape index (κ3) is 2.68. The number of benzene rings is 2. The Hall–Kier alpha value is -2.63. The second-order valence-electron chi connectivity index (χ2n) is 5.56. The highest BCUT2D eigenvalue weighted by molar-refractivity contribution is 7.17. The van der Waals surface area contributed by atoms with Crippen LogP contribution < -0.4 is 5.32 Å². The summed E-state index contributed by atoms with van der Waals surface area (Å²) in [7, 11) is 0. The SMILES string of the molecule is O=C(NCC(O)c1csc2ccccc12)c1cc2ccccc2o1. The minimum Gasteiger partial charge on any atom is -0.451 e. The summed E-state index contributed by atoms with van der Waals surface area (Å²) in [6, 6.07) is 17.1. The average Bonchev–Trinajstić information content (AvgIpc) is 3.23. The number of carbonyl (C=O) groups is 1. The van der Waals surface area contributed by atoms with Crippen LogP contribution in [-0.4, -0.2) is 17.6 Å². The average molecular weight is 337 g/mol. The van der Waals surface area contributed by atoms with Gasteiger partial charge in [-0.1, -0.05) is 36.4 Å². The zero-order chi connectivity index (χ0) is 16.5. The Bertz CT molecular complexity index is 984. The molecule has 1 unspecified atom stereocenters. The Labute approximate surface area is 142 Å². The number of thiophene rings is 1. The number of hydrogen-bond acceptors (Lipinski definition) is 4. The van der Waals surface area contributed by atoms with Crippen LogP contribution in [0.4, 0.5) is 0 Å². The summed E-state index contributed by atoms with van der Waals surface area (Å²) < 4.78 is 6.65. The first-order valence-corrected chi connectivity index (χ1v) is 8.51. The van der Waals surface area contributed by atoms with Crippen molar-refractivity contribution in [2.24, 2.45) is 0 Å². The van der Waals surface area contributed by atoms with Crippen molar-refractivity contribution in [3.8, 4) is 0 Å². The largest absolute Gasteiger partial charge is 0.451 e. The molecule has 0 aliphatic carbocycles. The molecule has 24 heavy (non-hydrogen) atoms. The number of rotatable bonds is 4. The second-order valence-corrected chi connectivity index (χ2v) is 6.47. The van der Waals surface area contributed by atoms with Crippen molar-refractivity contribution in [2.45, 2.75) is 6.10 Å². The van der Waals surface area contributed by atoms with Crippen molar-refractivity contribution in [1.82, 2.24) is 5.32 Å². The molecule has 0 bridgehead atoms. The van der Waals surface area contributed by atoms with Gasteiger partial charge in [0.15, 0.2) is 5.76 Å². The van der Waals surface area contributed by atoms with Crippen LogP contribution in [-0.2, 0) is 0 Å². The predicted octanol–water partition coefficient (Wildman–Crippen LogP) is 4.11. The lowest BCUT2D eigenvalue weighted by atomic mass is 10.1. The van der Waals surface area contributed by atoms with Gasteiger partial charge in [0.1, 0.15) is 5.58 Å². The molecule has 5 heteroatoms. The molecule has 0 aliphatic rings. The van der Waals surface area contributed by atoms with Crippen molar-refractivity contribution in [3.05, 3.63) is 71.3 Å². The Balaban J connectivity index is 1.48. The Kier molecular flexibility index (Phi) is 3.80. The molecule has 4 nitrogen and oxygen atoms in total. The predicted molar refractivity (Wildman–Crippen MR) is 95.3 cm³/mol. The van der Waals surface area contributed by atoms with Crippen LogP contribution in [0.5, 0.6) is 0 Å². The fourth-order valence-electron chi connectivity index (χ4n) is 2.74. The van der Waals surface area contributed by atoms with E-state index in [4.69, 9.17) is 4.42 Å². The number of carbonyl (C=O) groups excluding carboxylic acids is 1. The van der Waals surface area contributed by atoms with Crippen LogP contribution in [0.1, 0.15) is 22.2 Å². The monoisotopic (exact) mass is 337 g/mol. The first-order chi connectivity index (χ1) is 11.7. The number of para-hydroxylation sites is 1. The van der Waals surface area contributed by atoms with E-state index in [1.165, 1.54) is 0 Å². The van der Waals surface area contributed by atoms with Gasteiger partial charge in [-0.05, 0) is 29.0 Å². The number of fused-ring (bicyclic) bond motifs is 2. The van der Waals surface area contributed by atoms with Gasteiger partial charge in [-0.3, -0.25) is 4.79 Å². The maximum atomic E-state index is 12.2. The molecule has 2 aromatic carbocycles. The van der Waals surface area contributed by atoms with Crippen LogP contribution in [0, 0.1) is 0 Å². The lowest BCUT2D eigenvalue weighted by Crippen LogP contribution is -2.27. The number of amides is 1. The van der Waals surface area contributed by atoms with Crippen molar-refractivity contribution >= 4 is 38.3 Å². The molecule has 4 aromatic rings. The summed E-state index contributed by atoms with van der Waals surface area (Å²) in [6.45, 7) is 0.136. The maximum Gasteiger partial charge on any atom is 0.287 e. The minimum absolute atomic E-state index is 0.136. The van der Waals surface area contributed by atoms with Crippen LogP contribution in [0.3, 0.4) is 0 Å². The molecule has 1 atom stereocenters. The van der Waals surface area contributed by atoms with Crippen LogP contribution in [0.15, 0.2) is 64.4 Å². The molecule has 0 spiro atoms. The Morgan fingerprint density at radius 1 is 1.17 bits per heavy atom. The van der Waals surface area contributed by atoms with Crippen molar-refractivity contribution in [1.29, 1.82) is 0 Å². The van der Waals surface area contributed by atoms with E-state index in [0.717, 1.165) is 21.0 Å². The molecule has 0 radical (unpaired) electrons. The lowest BCUT2D eigenvalue weighted by molar-refractivity contribution is 0.0892. The maximum absolute atomic E-state index is 12.2. The molecule has 2 aromatic heterocycles. The highest BCUT2D eigenvalue weighted by Crippen LogP contribution is 2.30. The highest BCUT2D eigenvalue weighted by Gasteiger charge is 2.16. The summed E-state index contributed by atoms with van der Waals surface area (Å²) >= 11 is 1.58. The normalized spacial score (nSPS) is 12.5. The molecule has 120 valence electrons. The van der Waals surface area contributed by atoms with Gasteiger partial charge in [0.25, 0.3) is 5.91 Å². The quantitative estimate of drug-likeness (QED) is 0.589. The summed E-state index contributed by atoms with van der Waals surface area (Å²) in [5.74, 6) is -0.0802. The Morgan fingerprint density at radius 2 is 1.96 bits per heavy atom. The third-order valence-corrected chi connectivity index (χ3v) is 4.96. The molecule has 0 saturated heterocycles. The minimum atomic E-state index is -0.755. The van der Waals surface area contributed by atoms with E-state index in [-0.39, 0.29) is 18.2 Å². The Morgan fingerprint density at radius 3 is 2.83 bits per heavy atom. The van der Waals surface area contributed by atoms with Gasteiger partial charge in [0, 0.05) is 22.2 Å². The van der Waals surface area contributed by atoms with Gasteiger partial charge in [0.2, 0.25) is 0 Å². The van der Waals surface area contributed by atoms with Gasteiger partial charge in [-0.2, -0.15) is 0 Å². The number of furan rings is 1. The molecule has 0 saturated carbocycles. The van der Waals surface area contributed by atoms with Crippen LogP contribution in [0.2, 0.25) is 0 Å². The van der Waals surface area contributed by atoms with E-state index in [2.05, 4.69) is 5.32 Å². The molecule has 1 amide bonds. The van der Waals surface area contributed by atoms with Crippen LogP contribution >= 0.6 is 11.3 Å². The van der Waals surface area contributed by atoms with Gasteiger partial charge in [-0.15, -0.1) is 11.3 Å². The zero-order valence-electron chi connectivity index (χ0n) is 12.7. The number of nitrogens with one attached hydrogen (secondary N) is 1. The fraction of sp³-hybridized carbons (Fsp3) is 0.105. The molecular formula is C19H15NO3S. The summed E-state index contributed by atoms with van der Waals surface area (Å²) in [5, 5.41) is 17.0. The van der Waals surface area contributed by atoms with E-state index < -0.39 is 6.10 Å². The first kappa shape index (κ1) is 14.9. The van der Waals surface area contributed by atoms with Crippen molar-refractivity contribution in [2.75, 3.05) is 6.54 Å². The zero-order valence-corrected chi connectivity index (χ0v) is 13.5. The summed E-state index contributed by atoms with van der Waals surface area (Å²) in [4.78, 5) is 12.2. The number of aliphatic hydroxyl groups excluding tert-OH is 1. The smallest absolute Gasteiger partial charge is 0.287 e. The molecule has 2 heterocycles. The van der Waals surface area contributed by atoms with Gasteiger partial charge in [-0.25, -0.2) is 0 Å². The third-order valence-electron chi connectivity index (χ3n) is 3.98. The first-order valence-electron chi connectivity index (χ1n) is 7.63. The van der Waals surface area contributed by atoms with E-state index >= 15 is 0 Å². The van der Waals surface area contributed by atoms with Gasteiger partial charge >= 0.3 is 0 Å². The summed E-state index contributed by atoms with van der Waals surface area (Å²) in [5.41, 5.74) is 1.51. The van der Waals surface area contributed by atoms with Crippen molar-refractivity contribution in [3.63, 3.8) is 0 Å². The van der Waals surface area contributed by atoms with Crippen molar-refractivity contribution < 1.29 is 14.3 Å². The highest BCUT2D eigenvalue weighted by atomic mass is 32.1. The summed E-state index contributed by atoms with van der Waals surface area (Å²) in [6.07, 6.45) is -0.755. The van der Waals surface area contributed by atoms with E-state index in [9.17, 15) is 9.90 Å². The van der Waals surface area contributed by atoms with Gasteiger partial charge in [0.05, 0.1) is 6.10 Å². The number of hydrogen-bond donors (Lipinski definition) is 2. The topological polar surface area (TPSA) is 62.5 Å². The lowest BCUT2D eigenvalue weighted by Gasteiger charge is -2.10. The molecular weight excluding hydrogens is 322 g/mol. The molecule has 2 N–H and O–H groups in total. The van der Waals surface area contributed by atoms with E-state index in [0.29, 0.717) is 5.58 Å². The fourth-order valence-corrected chi connectivity index (χ4v) is 3.74. The van der Waals surface area contributed by atoms with E-state index in [1.807, 2.05) is 53.9 Å². The molecule has 0 aliphatic heterocycles. The van der Waals surface area contributed by atoms with E-state index in [1.54, 1.807) is 17.4 Å². The van der Waals surface area contributed by atoms with Gasteiger partial charge < -0.3 is 14.8 Å². The number of aliphatic hydroxyl groups is 1. The standard InChI is InChI=1S/C19H15NO3S/c21-15(14-11-24-18-8-4-2-6-13(14)18)10-20-19(22)17-9-12-5-1-3-7-16(12)23-17/h1-9,11,15,21H,10H2,(H,20,22). The molecule has 0 fully saturated rings. The molecule has 4 rings (SSSR count). The van der Waals surface area contributed by atoms with Crippen LogP contribution in [0.25, 0.3) is 21.1 Å².